The molecule has 1 aromatic heterocycles. The van der Waals surface area contributed by atoms with Gasteiger partial charge < -0.3 is 15.0 Å². The molecule has 5 heteroatoms. The van der Waals surface area contributed by atoms with E-state index in [1.807, 2.05) is 12.1 Å². The smallest absolute Gasteiger partial charge is 0.404 e. The van der Waals surface area contributed by atoms with Crippen LogP contribution in [0.5, 0.6) is 0 Å². The summed E-state index contributed by atoms with van der Waals surface area (Å²) < 4.78 is 2.34. The lowest BCUT2D eigenvalue weighted by Gasteiger charge is -2.12. The van der Waals surface area contributed by atoms with Gasteiger partial charge in [-0.25, -0.2) is 9.78 Å². The Bertz CT molecular complexity index is 905. The zero-order valence-electron chi connectivity index (χ0n) is 17.0. The normalized spacial score (nSPS) is 10.8. The van der Waals surface area contributed by atoms with E-state index in [0.29, 0.717) is 6.54 Å². The van der Waals surface area contributed by atoms with E-state index in [2.05, 4.69) is 65.3 Å². The second-order valence-electron chi connectivity index (χ2n) is 7.24. The second-order valence-corrected chi connectivity index (χ2v) is 7.24. The van der Waals surface area contributed by atoms with Crippen LogP contribution in [0, 0.1) is 6.92 Å². The highest BCUT2D eigenvalue weighted by Crippen LogP contribution is 2.33. The highest BCUT2D eigenvalue weighted by Gasteiger charge is 2.17. The third-order valence-corrected chi connectivity index (χ3v) is 5.09. The molecule has 0 bridgehead atoms. The molecule has 0 aliphatic heterocycles. The van der Waals surface area contributed by atoms with Crippen LogP contribution in [0.25, 0.3) is 22.5 Å². The summed E-state index contributed by atoms with van der Waals surface area (Å²) in [6, 6.07) is 20.8. The van der Waals surface area contributed by atoms with Crippen molar-refractivity contribution in [2.24, 2.45) is 0 Å². The first-order chi connectivity index (χ1) is 14.2. The first-order valence-corrected chi connectivity index (χ1v) is 10.3. The molecule has 0 saturated carbocycles. The van der Waals surface area contributed by atoms with Gasteiger partial charge in [0.1, 0.15) is 5.82 Å². The Balaban J connectivity index is 1.69. The summed E-state index contributed by atoms with van der Waals surface area (Å²) in [5, 5.41) is 11.0. The molecule has 2 N–H and O–H groups in total. The van der Waals surface area contributed by atoms with Gasteiger partial charge in [-0.2, -0.15) is 0 Å². The Morgan fingerprint density at radius 3 is 2.14 bits per heavy atom. The van der Waals surface area contributed by atoms with Crippen LogP contribution in [-0.4, -0.2) is 27.3 Å². The summed E-state index contributed by atoms with van der Waals surface area (Å²) in [5.41, 5.74) is 4.54. The number of hydrogen-bond donors (Lipinski definition) is 2. The van der Waals surface area contributed by atoms with Gasteiger partial charge in [0.05, 0.1) is 11.4 Å². The molecule has 0 atom stereocenters. The molecule has 1 heterocycles. The lowest BCUT2D eigenvalue weighted by molar-refractivity contribution is 0.194. The molecule has 3 aromatic rings. The number of hydrogen-bond acceptors (Lipinski definition) is 2. The molecule has 1 amide bonds. The van der Waals surface area contributed by atoms with Crippen molar-refractivity contribution < 1.29 is 9.90 Å². The van der Waals surface area contributed by atoms with E-state index in [1.165, 1.54) is 11.3 Å². The van der Waals surface area contributed by atoms with Gasteiger partial charge in [0.2, 0.25) is 0 Å². The maximum Gasteiger partial charge on any atom is 0.404 e. The van der Waals surface area contributed by atoms with Gasteiger partial charge in [-0.1, -0.05) is 79.9 Å². The number of unbranched alkanes of at least 4 members (excludes halogenated alkanes) is 4. The molecule has 0 spiro atoms. The number of nitrogens with zero attached hydrogens (tertiary/aromatic N) is 2. The zero-order valence-corrected chi connectivity index (χ0v) is 17.0. The van der Waals surface area contributed by atoms with Gasteiger partial charge in [0, 0.05) is 24.2 Å². The third kappa shape index (κ3) is 5.70. The van der Waals surface area contributed by atoms with E-state index in [9.17, 15) is 4.79 Å². The monoisotopic (exact) mass is 391 g/mol. The van der Waals surface area contributed by atoms with Crippen LogP contribution in [0.2, 0.25) is 0 Å². The quantitative estimate of drug-likeness (QED) is 0.433. The number of aromatic nitrogens is 2. The minimum atomic E-state index is -0.941. The average molecular weight is 392 g/mol. The van der Waals surface area contributed by atoms with Crippen LogP contribution in [0.4, 0.5) is 4.79 Å². The number of carboxylic acid groups (broad SMARTS) is 1. The molecule has 2 aromatic carbocycles. The molecule has 152 valence electrons. The number of imidazole rings is 1. The summed E-state index contributed by atoms with van der Waals surface area (Å²) in [4.78, 5) is 15.4. The van der Waals surface area contributed by atoms with Gasteiger partial charge in [-0.15, -0.1) is 0 Å². The Morgan fingerprint density at radius 2 is 1.48 bits per heavy atom. The Morgan fingerprint density at radius 1 is 0.897 bits per heavy atom. The highest BCUT2D eigenvalue weighted by atomic mass is 16.4. The van der Waals surface area contributed by atoms with Gasteiger partial charge in [-0.3, -0.25) is 0 Å². The van der Waals surface area contributed by atoms with E-state index in [4.69, 9.17) is 10.1 Å². The predicted molar refractivity (Wildman–Crippen MR) is 117 cm³/mol. The fourth-order valence-electron chi connectivity index (χ4n) is 3.64. The van der Waals surface area contributed by atoms with Gasteiger partial charge in [0.25, 0.3) is 0 Å². The molecular formula is C24H29N3O2. The summed E-state index contributed by atoms with van der Waals surface area (Å²) >= 11 is 0. The summed E-state index contributed by atoms with van der Waals surface area (Å²) in [5.74, 6) is 1.04. The summed E-state index contributed by atoms with van der Waals surface area (Å²) in [7, 11) is 0. The molecule has 0 saturated heterocycles. The first kappa shape index (κ1) is 20.6. The van der Waals surface area contributed by atoms with Crippen LogP contribution in [0.15, 0.2) is 60.7 Å². The fourth-order valence-corrected chi connectivity index (χ4v) is 3.64. The van der Waals surface area contributed by atoms with Crippen LogP contribution in [-0.2, 0) is 6.54 Å². The van der Waals surface area contributed by atoms with Crippen molar-refractivity contribution in [3.63, 3.8) is 0 Å². The number of rotatable bonds is 10. The Kier molecular flexibility index (Phi) is 7.45. The molecule has 0 fully saturated rings. The average Bonchev–Trinajstić information content (AvgIpc) is 3.07. The van der Waals surface area contributed by atoms with E-state index in [-0.39, 0.29) is 0 Å². The number of benzene rings is 2. The molecule has 0 aliphatic rings. The van der Waals surface area contributed by atoms with Crippen molar-refractivity contribution in [1.29, 1.82) is 0 Å². The second kappa shape index (κ2) is 10.5. The van der Waals surface area contributed by atoms with Crippen molar-refractivity contribution >= 4 is 6.09 Å². The van der Waals surface area contributed by atoms with Crippen molar-refractivity contribution in [3.8, 4) is 22.5 Å². The highest BCUT2D eigenvalue weighted by molar-refractivity contribution is 5.79. The number of aryl methyl sites for hydroxylation is 1. The molecule has 0 aliphatic carbocycles. The minimum Gasteiger partial charge on any atom is -0.465 e. The maximum absolute atomic E-state index is 10.5. The van der Waals surface area contributed by atoms with Crippen LogP contribution in [0.3, 0.4) is 0 Å². The van der Waals surface area contributed by atoms with E-state index < -0.39 is 6.09 Å². The molecule has 5 nitrogen and oxygen atoms in total. The number of carbonyl (C=O) groups is 1. The van der Waals surface area contributed by atoms with Crippen LogP contribution < -0.4 is 5.32 Å². The van der Waals surface area contributed by atoms with Crippen LogP contribution >= 0.6 is 0 Å². The summed E-state index contributed by atoms with van der Waals surface area (Å²) in [6.45, 7) is 3.55. The maximum atomic E-state index is 10.5. The van der Waals surface area contributed by atoms with Crippen molar-refractivity contribution in [3.05, 3.63) is 66.5 Å². The standard InChI is InChI=1S/C24H29N3O2/c1-19-26-22(20-13-7-5-8-14-20)23(21-15-9-6-10-16-21)27(19)18-12-4-2-3-11-17-25-24(28)29/h5-10,13-16,25H,2-4,11-12,17-18H2,1H3,(H,28,29). The van der Waals surface area contributed by atoms with E-state index in [0.717, 1.165) is 55.7 Å². The van der Waals surface area contributed by atoms with Crippen molar-refractivity contribution in [2.75, 3.05) is 6.54 Å². The summed E-state index contributed by atoms with van der Waals surface area (Å²) in [6.07, 6.45) is 4.31. The van der Waals surface area contributed by atoms with Gasteiger partial charge in [0.15, 0.2) is 0 Å². The third-order valence-electron chi connectivity index (χ3n) is 5.09. The molecule has 29 heavy (non-hydrogen) atoms. The topological polar surface area (TPSA) is 67.2 Å². The molecule has 3 rings (SSSR count). The van der Waals surface area contributed by atoms with Crippen LogP contribution in [0.1, 0.15) is 37.9 Å². The predicted octanol–water partition coefficient (Wildman–Crippen LogP) is 5.74. The molecule has 0 radical (unpaired) electrons. The number of amides is 1. The molecule has 0 unspecified atom stereocenters. The fraction of sp³-hybridized carbons (Fsp3) is 0.333. The first-order valence-electron chi connectivity index (χ1n) is 10.3. The lowest BCUT2D eigenvalue weighted by Crippen LogP contribution is -2.21. The lowest BCUT2D eigenvalue weighted by atomic mass is 10.0. The van der Waals surface area contributed by atoms with Crippen molar-refractivity contribution in [2.45, 2.75) is 45.6 Å². The zero-order chi connectivity index (χ0) is 20.5. The largest absolute Gasteiger partial charge is 0.465 e. The van der Waals surface area contributed by atoms with Gasteiger partial charge in [-0.05, 0) is 19.8 Å². The minimum absolute atomic E-state index is 0.536. The van der Waals surface area contributed by atoms with E-state index in [1.54, 1.807) is 0 Å². The number of nitrogens with one attached hydrogen (secondary N) is 1. The van der Waals surface area contributed by atoms with Gasteiger partial charge >= 0.3 is 6.09 Å². The molecular weight excluding hydrogens is 362 g/mol. The van der Waals surface area contributed by atoms with E-state index >= 15 is 0 Å². The Labute approximate surface area is 172 Å². The Hall–Kier alpha value is -3.08. The SMILES string of the molecule is Cc1nc(-c2ccccc2)c(-c2ccccc2)n1CCCCCCCNC(=O)O. The van der Waals surface area contributed by atoms with Crippen molar-refractivity contribution in [1.82, 2.24) is 14.9 Å².